The molecule has 0 saturated heterocycles. The van der Waals surface area contributed by atoms with Crippen LogP contribution >= 0.6 is 12.2 Å². The molecule has 8 heteroatoms. The van der Waals surface area contributed by atoms with Crippen molar-refractivity contribution in [1.82, 2.24) is 20.6 Å². The van der Waals surface area contributed by atoms with Gasteiger partial charge in [-0.3, -0.25) is 10.3 Å². The highest BCUT2D eigenvalue weighted by Crippen LogP contribution is 2.04. The van der Waals surface area contributed by atoms with Crippen LogP contribution in [0.4, 0.5) is 5.95 Å². The standard InChI is InChI=1S/C17H24N6OS/c1-11(2)9-18-15(22-16-20-12(3)8-13(4)21-16)23-17(25)19-10-14-6-5-7-24-14/h5-8,11H,9-10H2,1-4H3,(H3,18,19,20,21,22,23,25). The quantitative estimate of drug-likeness (QED) is 0.429. The van der Waals surface area contributed by atoms with Gasteiger partial charge >= 0.3 is 0 Å². The van der Waals surface area contributed by atoms with E-state index in [0.717, 1.165) is 17.1 Å². The van der Waals surface area contributed by atoms with Crippen molar-refractivity contribution >= 4 is 29.2 Å². The summed E-state index contributed by atoms with van der Waals surface area (Å²) >= 11 is 5.33. The molecule has 134 valence electrons. The molecule has 25 heavy (non-hydrogen) atoms. The molecule has 0 aliphatic carbocycles. The second-order valence-corrected chi connectivity index (χ2v) is 6.48. The summed E-state index contributed by atoms with van der Waals surface area (Å²) in [6, 6.07) is 5.63. The Hall–Kier alpha value is -2.48. The van der Waals surface area contributed by atoms with Crippen LogP contribution in [-0.4, -0.2) is 27.6 Å². The number of nitrogens with zero attached hydrogens (tertiary/aromatic N) is 3. The predicted molar refractivity (Wildman–Crippen MR) is 104 cm³/mol. The number of furan rings is 1. The molecule has 0 spiro atoms. The lowest BCUT2D eigenvalue weighted by Gasteiger charge is -2.14. The van der Waals surface area contributed by atoms with E-state index in [-0.39, 0.29) is 0 Å². The lowest BCUT2D eigenvalue weighted by Crippen LogP contribution is -2.42. The lowest BCUT2D eigenvalue weighted by atomic mass is 10.2. The normalized spacial score (nSPS) is 11.5. The molecule has 0 radical (unpaired) electrons. The van der Waals surface area contributed by atoms with Gasteiger partial charge in [0.05, 0.1) is 12.8 Å². The van der Waals surface area contributed by atoms with E-state index < -0.39 is 0 Å². The second-order valence-electron chi connectivity index (χ2n) is 6.07. The molecule has 3 N–H and O–H groups in total. The van der Waals surface area contributed by atoms with Crippen LogP contribution in [-0.2, 0) is 6.54 Å². The number of aromatic nitrogens is 2. The van der Waals surface area contributed by atoms with E-state index in [1.807, 2.05) is 32.0 Å². The van der Waals surface area contributed by atoms with E-state index in [1.165, 1.54) is 0 Å². The third-order valence-corrected chi connectivity index (χ3v) is 3.31. The van der Waals surface area contributed by atoms with Crippen LogP contribution in [0.3, 0.4) is 0 Å². The number of aliphatic imine (C=N–C) groups is 1. The summed E-state index contributed by atoms with van der Waals surface area (Å²) < 4.78 is 5.27. The van der Waals surface area contributed by atoms with Gasteiger partial charge in [-0.15, -0.1) is 0 Å². The molecule has 0 aliphatic rings. The molecule has 0 amide bonds. The van der Waals surface area contributed by atoms with E-state index >= 15 is 0 Å². The topological polar surface area (TPSA) is 87.4 Å². The number of hydrogen-bond acceptors (Lipinski definition) is 5. The molecule has 2 aromatic heterocycles. The van der Waals surface area contributed by atoms with E-state index in [0.29, 0.717) is 36.0 Å². The summed E-state index contributed by atoms with van der Waals surface area (Å²) in [4.78, 5) is 13.3. The van der Waals surface area contributed by atoms with E-state index in [2.05, 4.69) is 44.8 Å². The Bertz CT molecular complexity index is 706. The van der Waals surface area contributed by atoms with Crippen LogP contribution in [0.1, 0.15) is 31.0 Å². The zero-order valence-electron chi connectivity index (χ0n) is 15.0. The van der Waals surface area contributed by atoms with Crippen molar-refractivity contribution in [3.05, 3.63) is 41.6 Å². The molecule has 0 aliphatic heterocycles. The van der Waals surface area contributed by atoms with Gasteiger partial charge in [-0.2, -0.15) is 0 Å². The SMILES string of the molecule is Cc1cc(C)nc(NC(=NCC(C)C)NC(=S)NCc2ccco2)n1. The number of anilines is 1. The van der Waals surface area contributed by atoms with Crippen molar-refractivity contribution in [2.24, 2.45) is 10.9 Å². The number of thiocarbonyl (C=S) groups is 1. The Morgan fingerprint density at radius 3 is 2.60 bits per heavy atom. The third kappa shape index (κ3) is 6.88. The molecule has 0 unspecified atom stereocenters. The molecule has 7 nitrogen and oxygen atoms in total. The first-order chi connectivity index (χ1) is 11.9. The fourth-order valence-corrected chi connectivity index (χ4v) is 2.17. The van der Waals surface area contributed by atoms with Crippen LogP contribution in [0.5, 0.6) is 0 Å². The summed E-state index contributed by atoms with van der Waals surface area (Å²) in [5, 5.41) is 9.68. The predicted octanol–water partition coefficient (Wildman–Crippen LogP) is 2.77. The van der Waals surface area contributed by atoms with Gasteiger partial charge in [-0.25, -0.2) is 9.97 Å². The maximum absolute atomic E-state index is 5.33. The Morgan fingerprint density at radius 1 is 1.28 bits per heavy atom. The molecular formula is C17H24N6OS. The molecular weight excluding hydrogens is 336 g/mol. The first-order valence-electron chi connectivity index (χ1n) is 8.13. The van der Waals surface area contributed by atoms with Crippen molar-refractivity contribution in [2.45, 2.75) is 34.2 Å². The molecule has 0 fully saturated rings. The van der Waals surface area contributed by atoms with Crippen LogP contribution < -0.4 is 16.0 Å². The second kappa shape index (κ2) is 9.12. The molecule has 2 rings (SSSR count). The largest absolute Gasteiger partial charge is 0.467 e. The van der Waals surface area contributed by atoms with Gasteiger partial charge < -0.3 is 15.1 Å². The van der Waals surface area contributed by atoms with Crippen LogP contribution in [0.2, 0.25) is 0 Å². The Kier molecular flexibility index (Phi) is 6.88. The number of rotatable bonds is 5. The number of nitrogens with one attached hydrogen (secondary N) is 3. The van der Waals surface area contributed by atoms with Crippen molar-refractivity contribution in [1.29, 1.82) is 0 Å². The average Bonchev–Trinajstić information content (AvgIpc) is 3.03. The first-order valence-corrected chi connectivity index (χ1v) is 8.54. The van der Waals surface area contributed by atoms with Crippen molar-refractivity contribution in [3.63, 3.8) is 0 Å². The lowest BCUT2D eigenvalue weighted by molar-refractivity contribution is 0.503. The van der Waals surface area contributed by atoms with Gasteiger partial charge in [-0.05, 0) is 50.2 Å². The summed E-state index contributed by atoms with van der Waals surface area (Å²) in [5.74, 6) is 2.22. The van der Waals surface area contributed by atoms with Crippen molar-refractivity contribution in [3.8, 4) is 0 Å². The smallest absolute Gasteiger partial charge is 0.229 e. The maximum atomic E-state index is 5.33. The van der Waals surface area contributed by atoms with Crippen LogP contribution in [0, 0.1) is 19.8 Å². The van der Waals surface area contributed by atoms with E-state index in [1.54, 1.807) is 6.26 Å². The Labute approximate surface area is 153 Å². The summed E-state index contributed by atoms with van der Waals surface area (Å²) in [6.45, 7) is 9.20. The summed E-state index contributed by atoms with van der Waals surface area (Å²) in [5.41, 5.74) is 1.77. The molecule has 0 aromatic carbocycles. The molecule has 0 saturated carbocycles. The molecule has 0 atom stereocenters. The monoisotopic (exact) mass is 360 g/mol. The highest BCUT2D eigenvalue weighted by Gasteiger charge is 2.07. The minimum atomic E-state index is 0.420. The van der Waals surface area contributed by atoms with Gasteiger partial charge in [-0.1, -0.05) is 13.8 Å². The maximum Gasteiger partial charge on any atom is 0.229 e. The van der Waals surface area contributed by atoms with Crippen LogP contribution in [0.25, 0.3) is 0 Å². The number of aryl methyl sites for hydroxylation is 2. The van der Waals surface area contributed by atoms with Gasteiger partial charge in [0, 0.05) is 17.9 Å². The zero-order valence-corrected chi connectivity index (χ0v) is 15.8. The molecule has 0 bridgehead atoms. The van der Waals surface area contributed by atoms with Crippen molar-refractivity contribution < 1.29 is 4.42 Å². The van der Waals surface area contributed by atoms with E-state index in [9.17, 15) is 0 Å². The Balaban J connectivity index is 2.01. The van der Waals surface area contributed by atoms with E-state index in [4.69, 9.17) is 16.6 Å². The van der Waals surface area contributed by atoms with Gasteiger partial charge in [0.2, 0.25) is 11.9 Å². The zero-order chi connectivity index (χ0) is 18.2. The highest BCUT2D eigenvalue weighted by atomic mass is 32.1. The van der Waals surface area contributed by atoms with Crippen LogP contribution in [0.15, 0.2) is 33.9 Å². The third-order valence-electron chi connectivity index (χ3n) is 3.06. The summed E-state index contributed by atoms with van der Waals surface area (Å²) in [7, 11) is 0. The number of guanidine groups is 1. The summed E-state index contributed by atoms with van der Waals surface area (Å²) in [6.07, 6.45) is 1.63. The average molecular weight is 360 g/mol. The van der Waals surface area contributed by atoms with Gasteiger partial charge in [0.25, 0.3) is 0 Å². The van der Waals surface area contributed by atoms with Crippen molar-refractivity contribution in [2.75, 3.05) is 11.9 Å². The fraction of sp³-hybridized carbons (Fsp3) is 0.412. The number of hydrogen-bond donors (Lipinski definition) is 3. The minimum absolute atomic E-state index is 0.420. The first kappa shape index (κ1) is 18.9. The minimum Gasteiger partial charge on any atom is -0.467 e. The Morgan fingerprint density at radius 2 is 2.00 bits per heavy atom. The highest BCUT2D eigenvalue weighted by molar-refractivity contribution is 7.80. The molecule has 2 heterocycles. The van der Waals surface area contributed by atoms with Gasteiger partial charge in [0.15, 0.2) is 5.11 Å². The fourth-order valence-electron chi connectivity index (χ4n) is 2.00. The van der Waals surface area contributed by atoms with Gasteiger partial charge in [0.1, 0.15) is 5.76 Å². The molecule has 2 aromatic rings.